The molecule has 9 nitrogen and oxygen atoms in total. The first-order valence-electron chi connectivity index (χ1n) is 12.6. The van der Waals surface area contributed by atoms with Gasteiger partial charge in [-0.25, -0.2) is 4.79 Å². The summed E-state index contributed by atoms with van der Waals surface area (Å²) >= 11 is 0. The summed E-state index contributed by atoms with van der Waals surface area (Å²) in [5.41, 5.74) is 12.9. The number of rotatable bonds is 9. The molecule has 38 heavy (non-hydrogen) atoms. The summed E-state index contributed by atoms with van der Waals surface area (Å²) in [6, 6.07) is 18.5. The minimum Gasteiger partial charge on any atom is -0.462 e. The Morgan fingerprint density at radius 2 is 1.34 bits per heavy atom. The van der Waals surface area contributed by atoms with E-state index in [9.17, 15) is 9.59 Å². The van der Waals surface area contributed by atoms with Crippen molar-refractivity contribution in [3.05, 3.63) is 83.4 Å². The normalized spacial score (nSPS) is 16.8. The lowest BCUT2D eigenvalue weighted by atomic mass is 9.91. The van der Waals surface area contributed by atoms with Crippen LogP contribution in [-0.2, 0) is 4.74 Å². The smallest absolute Gasteiger partial charge is 0.338 e. The van der Waals surface area contributed by atoms with Crippen LogP contribution in [0.4, 0.5) is 0 Å². The molecule has 0 radical (unpaired) electrons. The van der Waals surface area contributed by atoms with E-state index in [1.165, 1.54) is 0 Å². The number of nitrogens with two attached hydrogens (primary N) is 2. The van der Waals surface area contributed by atoms with Gasteiger partial charge in [0.05, 0.1) is 12.2 Å². The highest BCUT2D eigenvalue weighted by Crippen LogP contribution is 2.31. The SMILES string of the molecule is CCOC(=O)c1ccc(Oc2cc(Oc3ccc(C(=N)N)cc3)cc(C(=O)NC3CCC(N)CC3)c2)cc1. The van der Waals surface area contributed by atoms with Crippen LogP contribution in [0.1, 0.15) is 58.9 Å². The molecule has 1 amide bonds. The minimum atomic E-state index is -0.409. The zero-order chi connectivity index (χ0) is 27.1. The van der Waals surface area contributed by atoms with E-state index in [2.05, 4.69) is 5.32 Å². The molecule has 4 rings (SSSR count). The van der Waals surface area contributed by atoms with Crippen molar-refractivity contribution >= 4 is 17.7 Å². The molecule has 0 spiro atoms. The molecule has 1 saturated carbocycles. The van der Waals surface area contributed by atoms with Crippen LogP contribution in [0, 0.1) is 5.41 Å². The Labute approximate surface area is 221 Å². The molecule has 6 N–H and O–H groups in total. The molecule has 3 aromatic rings. The van der Waals surface area contributed by atoms with Gasteiger partial charge < -0.3 is 31.0 Å². The maximum absolute atomic E-state index is 13.2. The minimum absolute atomic E-state index is 0.0384. The van der Waals surface area contributed by atoms with Crippen molar-refractivity contribution in [1.82, 2.24) is 5.32 Å². The maximum Gasteiger partial charge on any atom is 0.338 e. The molecule has 0 aromatic heterocycles. The van der Waals surface area contributed by atoms with Gasteiger partial charge >= 0.3 is 5.97 Å². The number of hydrogen-bond donors (Lipinski definition) is 4. The van der Waals surface area contributed by atoms with Gasteiger partial charge in [-0.2, -0.15) is 0 Å². The Morgan fingerprint density at radius 1 is 0.816 bits per heavy atom. The number of nitrogens with one attached hydrogen (secondary N) is 2. The van der Waals surface area contributed by atoms with Crippen molar-refractivity contribution < 1.29 is 23.8 Å². The van der Waals surface area contributed by atoms with Crippen molar-refractivity contribution in [2.24, 2.45) is 11.5 Å². The van der Waals surface area contributed by atoms with Crippen molar-refractivity contribution in [3.8, 4) is 23.0 Å². The van der Waals surface area contributed by atoms with E-state index in [1.54, 1.807) is 73.7 Å². The zero-order valence-electron chi connectivity index (χ0n) is 21.2. The number of hydrogen-bond acceptors (Lipinski definition) is 7. The second-order valence-electron chi connectivity index (χ2n) is 9.17. The predicted octanol–water partition coefficient (Wildman–Crippen LogP) is 4.73. The highest BCUT2D eigenvalue weighted by molar-refractivity contribution is 5.96. The fraction of sp³-hybridized carbons (Fsp3) is 0.276. The van der Waals surface area contributed by atoms with Crippen molar-refractivity contribution in [2.45, 2.75) is 44.7 Å². The van der Waals surface area contributed by atoms with E-state index in [-0.39, 0.29) is 23.8 Å². The number of amidine groups is 1. The molecule has 0 unspecified atom stereocenters. The Hall–Kier alpha value is -4.37. The fourth-order valence-electron chi connectivity index (χ4n) is 4.20. The van der Waals surface area contributed by atoms with Crippen LogP contribution in [0.25, 0.3) is 0 Å². The number of carbonyl (C=O) groups excluding carboxylic acids is 2. The summed E-state index contributed by atoms with van der Waals surface area (Å²) in [5.74, 6) is 1.11. The summed E-state index contributed by atoms with van der Waals surface area (Å²) in [4.78, 5) is 25.1. The molecule has 1 aliphatic rings. The summed E-state index contributed by atoms with van der Waals surface area (Å²) in [6.07, 6.45) is 3.42. The van der Waals surface area contributed by atoms with E-state index in [1.807, 2.05) is 0 Å². The van der Waals surface area contributed by atoms with Gasteiger partial charge in [0.1, 0.15) is 28.8 Å². The molecule has 3 aromatic carbocycles. The molecule has 198 valence electrons. The van der Waals surface area contributed by atoms with E-state index < -0.39 is 5.97 Å². The molecular weight excluding hydrogens is 484 g/mol. The van der Waals surface area contributed by atoms with E-state index >= 15 is 0 Å². The molecule has 0 heterocycles. The quantitative estimate of drug-likeness (QED) is 0.182. The van der Waals surface area contributed by atoms with Gasteiger partial charge in [0.2, 0.25) is 0 Å². The predicted molar refractivity (Wildman–Crippen MR) is 144 cm³/mol. The number of nitrogen functional groups attached to an aromatic ring is 1. The van der Waals surface area contributed by atoms with Crippen LogP contribution in [0.15, 0.2) is 66.7 Å². The molecule has 0 aliphatic heterocycles. The number of amides is 1. The van der Waals surface area contributed by atoms with Crippen molar-refractivity contribution in [3.63, 3.8) is 0 Å². The number of benzene rings is 3. The zero-order valence-corrected chi connectivity index (χ0v) is 21.2. The first-order valence-corrected chi connectivity index (χ1v) is 12.6. The standard InChI is InChI=1S/C29H32N4O5/c1-2-36-29(35)19-5-13-24(14-6-19)38-26-16-20(28(34)33-22-9-7-21(30)8-10-22)15-25(17-26)37-23-11-3-18(4-12-23)27(31)32/h3-6,11-17,21-22H,2,7-10,30H2,1H3,(H3,31,32)(H,33,34). The third-order valence-electron chi connectivity index (χ3n) is 6.25. The Balaban J connectivity index is 1.56. The fourth-order valence-corrected chi connectivity index (χ4v) is 4.20. The topological polar surface area (TPSA) is 150 Å². The average molecular weight is 517 g/mol. The first-order chi connectivity index (χ1) is 18.3. The maximum atomic E-state index is 13.2. The summed E-state index contributed by atoms with van der Waals surface area (Å²) in [6.45, 7) is 2.04. The molecule has 1 aliphatic carbocycles. The largest absolute Gasteiger partial charge is 0.462 e. The number of carbonyl (C=O) groups is 2. The Bertz CT molecular complexity index is 1280. The van der Waals surface area contributed by atoms with Crippen LogP contribution in [0.2, 0.25) is 0 Å². The van der Waals surface area contributed by atoms with Gasteiger partial charge in [-0.05, 0) is 93.3 Å². The van der Waals surface area contributed by atoms with Crippen LogP contribution in [0.3, 0.4) is 0 Å². The van der Waals surface area contributed by atoms with Gasteiger partial charge in [-0.3, -0.25) is 10.2 Å². The van der Waals surface area contributed by atoms with Gasteiger partial charge in [-0.15, -0.1) is 0 Å². The van der Waals surface area contributed by atoms with Gasteiger partial charge in [-0.1, -0.05) is 0 Å². The monoisotopic (exact) mass is 516 g/mol. The Kier molecular flexibility index (Phi) is 8.60. The molecule has 9 heteroatoms. The Morgan fingerprint density at radius 3 is 1.84 bits per heavy atom. The highest BCUT2D eigenvalue weighted by atomic mass is 16.5. The molecule has 0 saturated heterocycles. The van der Waals surface area contributed by atoms with Crippen LogP contribution < -0.4 is 26.3 Å². The third kappa shape index (κ3) is 7.10. The average Bonchev–Trinajstić information content (AvgIpc) is 2.90. The lowest BCUT2D eigenvalue weighted by Crippen LogP contribution is -2.40. The van der Waals surface area contributed by atoms with Crippen molar-refractivity contribution in [1.29, 1.82) is 5.41 Å². The first kappa shape index (κ1) is 26.7. The highest BCUT2D eigenvalue weighted by Gasteiger charge is 2.21. The van der Waals surface area contributed by atoms with E-state index in [0.29, 0.717) is 46.3 Å². The second-order valence-corrected chi connectivity index (χ2v) is 9.17. The van der Waals surface area contributed by atoms with Gasteiger partial charge in [0.25, 0.3) is 5.91 Å². The van der Waals surface area contributed by atoms with Crippen LogP contribution >= 0.6 is 0 Å². The van der Waals surface area contributed by atoms with Gasteiger partial charge in [0, 0.05) is 29.3 Å². The lowest BCUT2D eigenvalue weighted by molar-refractivity contribution is 0.0526. The van der Waals surface area contributed by atoms with Crippen LogP contribution in [0.5, 0.6) is 23.0 Å². The van der Waals surface area contributed by atoms with Gasteiger partial charge in [0.15, 0.2) is 0 Å². The summed E-state index contributed by atoms with van der Waals surface area (Å²) in [5, 5.41) is 10.7. The lowest BCUT2D eigenvalue weighted by Gasteiger charge is -2.26. The van der Waals surface area contributed by atoms with Crippen LogP contribution in [-0.4, -0.2) is 36.4 Å². The van der Waals surface area contributed by atoms with E-state index in [4.69, 9.17) is 31.1 Å². The molecule has 1 fully saturated rings. The second kappa shape index (κ2) is 12.2. The third-order valence-corrected chi connectivity index (χ3v) is 6.25. The molecular formula is C29H32N4O5. The number of esters is 1. The molecule has 0 atom stereocenters. The van der Waals surface area contributed by atoms with Crippen molar-refractivity contribution in [2.75, 3.05) is 6.61 Å². The van der Waals surface area contributed by atoms with E-state index in [0.717, 1.165) is 25.7 Å². The summed E-state index contributed by atoms with van der Waals surface area (Å²) in [7, 11) is 0. The summed E-state index contributed by atoms with van der Waals surface area (Å²) < 4.78 is 17.1. The molecule has 0 bridgehead atoms. The number of ether oxygens (including phenoxy) is 3.